The van der Waals surface area contributed by atoms with Gasteiger partial charge in [0.15, 0.2) is 0 Å². The van der Waals surface area contributed by atoms with Crippen LogP contribution < -0.4 is 4.48 Å². The fourth-order valence-electron chi connectivity index (χ4n) is 0.552. The Morgan fingerprint density at radius 2 is 1.25 bits per heavy atom. The Morgan fingerprint density at radius 3 is 1.42 bits per heavy atom. The van der Waals surface area contributed by atoms with Crippen LogP contribution in [0.5, 0.6) is 0 Å². The first-order valence-corrected chi connectivity index (χ1v) is 5.18. The predicted molar refractivity (Wildman–Crippen MR) is 37.9 cm³/mol. The van der Waals surface area contributed by atoms with Gasteiger partial charge in [-0.3, -0.25) is 9.59 Å². The van der Waals surface area contributed by atoms with Crippen LogP contribution in [0.3, 0.4) is 0 Å². The Kier molecular flexibility index (Phi) is 12.3. The van der Waals surface area contributed by atoms with Crippen LogP contribution in [0.4, 0.5) is 0 Å². The maximum absolute atomic E-state index is 9.90. The normalized spacial score (nSPS) is 8.25. The van der Waals surface area contributed by atoms with Crippen LogP contribution in [0.2, 0.25) is 0 Å². The van der Waals surface area contributed by atoms with Gasteiger partial charge in [-0.15, -0.1) is 0 Å². The summed E-state index contributed by atoms with van der Waals surface area (Å²) in [5.74, 6) is -1.74. The molecule has 0 rings (SSSR count). The molecule has 0 aliphatic carbocycles. The molecule has 0 aromatic carbocycles. The van der Waals surface area contributed by atoms with E-state index in [0.29, 0.717) is 12.8 Å². The van der Waals surface area contributed by atoms with Crippen LogP contribution in [0, 0.1) is 0 Å². The van der Waals surface area contributed by atoms with Crippen molar-refractivity contribution in [1.82, 2.24) is 0 Å². The van der Waals surface area contributed by atoms with E-state index in [1.54, 1.807) is 0 Å². The first-order chi connectivity index (χ1) is 5.63. The van der Waals surface area contributed by atoms with Crippen molar-refractivity contribution >= 4 is 11.9 Å². The van der Waals surface area contributed by atoms with Gasteiger partial charge in [-0.1, -0.05) is 0 Å². The van der Waals surface area contributed by atoms with Gasteiger partial charge in [0.25, 0.3) is 0 Å². The van der Waals surface area contributed by atoms with E-state index in [4.69, 9.17) is 10.2 Å². The SMILES string of the molecule is O=C(O)CCCCC(=O)O.[NH2][Zn]. The van der Waals surface area contributed by atoms with Gasteiger partial charge in [0.2, 0.25) is 0 Å². The van der Waals surface area contributed by atoms with E-state index in [9.17, 15) is 9.59 Å². The summed E-state index contributed by atoms with van der Waals surface area (Å²) in [7, 11) is 0. The molecule has 0 saturated heterocycles. The minimum atomic E-state index is -0.870. The van der Waals surface area contributed by atoms with Gasteiger partial charge in [-0.25, -0.2) is 0 Å². The summed E-state index contributed by atoms with van der Waals surface area (Å²) in [6.07, 6.45) is 1.02. The summed E-state index contributed by atoms with van der Waals surface area (Å²) in [6, 6.07) is 0. The standard InChI is InChI=1S/C6H10O4.H2N.Zn/c7-5(8)3-1-2-4-6(9)10;;/h1-4H2,(H,7,8)(H,9,10);1H2;/q;-1;+1. The van der Waals surface area contributed by atoms with Crippen molar-refractivity contribution < 1.29 is 38.3 Å². The van der Waals surface area contributed by atoms with Gasteiger partial charge < -0.3 is 10.2 Å². The molecule has 6 heteroatoms. The van der Waals surface area contributed by atoms with Crippen LogP contribution in [0.15, 0.2) is 0 Å². The Morgan fingerprint density at radius 1 is 1.00 bits per heavy atom. The van der Waals surface area contributed by atoms with Crippen molar-refractivity contribution in [2.24, 2.45) is 4.48 Å². The average Bonchev–Trinajstić information content (AvgIpc) is 2.02. The first-order valence-electron chi connectivity index (χ1n) is 3.47. The Bertz CT molecular complexity index is 124. The van der Waals surface area contributed by atoms with Gasteiger partial charge in [0.05, 0.1) is 0 Å². The van der Waals surface area contributed by atoms with Crippen molar-refractivity contribution in [3.63, 3.8) is 0 Å². The molecule has 67 valence electrons. The second-order valence-electron chi connectivity index (χ2n) is 1.99. The number of carbonyl (C=O) groups is 2. The Hall–Kier alpha value is -0.477. The Labute approximate surface area is 80.9 Å². The first kappa shape index (κ1) is 14.1. The van der Waals surface area contributed by atoms with Crippen LogP contribution in [-0.4, -0.2) is 22.2 Å². The molecule has 4 N–H and O–H groups in total. The van der Waals surface area contributed by atoms with Crippen molar-refractivity contribution in [3.8, 4) is 0 Å². The summed E-state index contributed by atoms with van der Waals surface area (Å²) in [6.45, 7) is 0. The zero-order valence-corrected chi connectivity index (χ0v) is 9.79. The Balaban J connectivity index is 0. The van der Waals surface area contributed by atoms with Gasteiger partial charge in [-0.2, -0.15) is 0 Å². The number of carboxylic acid groups (broad SMARTS) is 2. The van der Waals surface area contributed by atoms with Crippen molar-refractivity contribution in [1.29, 1.82) is 0 Å². The summed E-state index contributed by atoms with van der Waals surface area (Å²) in [4.78, 5) is 19.8. The molecule has 0 aromatic heterocycles. The molecule has 0 saturated carbocycles. The van der Waals surface area contributed by atoms with Gasteiger partial charge in [0.1, 0.15) is 0 Å². The van der Waals surface area contributed by atoms with E-state index >= 15 is 0 Å². The van der Waals surface area contributed by atoms with Crippen LogP contribution >= 0.6 is 0 Å². The predicted octanol–water partition coefficient (Wildman–Crippen LogP) is 0.123. The zero-order valence-electron chi connectivity index (χ0n) is 6.82. The quantitative estimate of drug-likeness (QED) is 0.458. The van der Waals surface area contributed by atoms with E-state index in [1.165, 1.54) is 0 Å². The topological polar surface area (TPSA) is 101 Å². The molecule has 0 amide bonds. The number of hydrogen-bond donors (Lipinski definition) is 3. The van der Waals surface area contributed by atoms with Crippen LogP contribution in [-0.2, 0) is 28.1 Å². The van der Waals surface area contributed by atoms with E-state index in [-0.39, 0.29) is 12.8 Å². The minimum absolute atomic E-state index is 0.0628. The molecule has 0 unspecified atom stereocenters. The summed E-state index contributed by atoms with van der Waals surface area (Å²) in [5, 5.41) is 16.3. The molecule has 5 nitrogen and oxygen atoms in total. The van der Waals surface area contributed by atoms with Crippen LogP contribution in [0.25, 0.3) is 0 Å². The number of rotatable bonds is 5. The number of hydrogen-bond acceptors (Lipinski definition) is 3. The van der Waals surface area contributed by atoms with E-state index < -0.39 is 11.9 Å². The van der Waals surface area contributed by atoms with Gasteiger partial charge in [0, 0.05) is 12.8 Å². The monoisotopic (exact) mass is 226 g/mol. The summed E-state index contributed by atoms with van der Waals surface area (Å²) < 4.78 is 4.62. The third-order valence-electron chi connectivity index (χ3n) is 1.03. The number of aliphatic carboxylic acids is 2. The summed E-state index contributed by atoms with van der Waals surface area (Å²) >= 11 is 0.875. The molecule has 0 fully saturated rings. The molecule has 0 spiro atoms. The molecule has 0 aromatic rings. The van der Waals surface area contributed by atoms with E-state index in [2.05, 4.69) is 4.48 Å². The van der Waals surface area contributed by atoms with E-state index in [1.807, 2.05) is 0 Å². The molecule has 0 aliphatic heterocycles. The van der Waals surface area contributed by atoms with Crippen molar-refractivity contribution in [3.05, 3.63) is 0 Å². The fraction of sp³-hybridized carbons (Fsp3) is 0.667. The van der Waals surface area contributed by atoms with Gasteiger partial charge in [-0.05, 0) is 12.8 Å². The molecule has 0 heterocycles. The second kappa shape index (κ2) is 10.5. The number of unbranched alkanes of at least 4 members (excludes halogenated alkanes) is 1. The number of carboxylic acids is 2. The summed E-state index contributed by atoms with van der Waals surface area (Å²) in [5.41, 5.74) is 0. The third kappa shape index (κ3) is 16.3. The molecular formula is C6H12NO4Zn. The van der Waals surface area contributed by atoms with Crippen molar-refractivity contribution in [2.75, 3.05) is 0 Å². The van der Waals surface area contributed by atoms with Crippen LogP contribution in [0.1, 0.15) is 25.7 Å². The molecule has 12 heavy (non-hydrogen) atoms. The fourth-order valence-corrected chi connectivity index (χ4v) is 0.552. The number of nitrogens with two attached hydrogens (primary N) is 1. The van der Waals surface area contributed by atoms with E-state index in [0.717, 1.165) is 18.5 Å². The average molecular weight is 228 g/mol. The molecule has 0 atom stereocenters. The third-order valence-corrected chi connectivity index (χ3v) is 1.03. The molecule has 0 bridgehead atoms. The van der Waals surface area contributed by atoms with Crippen molar-refractivity contribution in [2.45, 2.75) is 25.7 Å². The molecular weight excluding hydrogens is 215 g/mol. The molecule has 0 aliphatic rings. The van der Waals surface area contributed by atoms with Gasteiger partial charge >= 0.3 is 35.0 Å². The zero-order chi connectivity index (χ0) is 9.98. The second-order valence-corrected chi connectivity index (χ2v) is 1.99. The maximum atomic E-state index is 9.90. The molecule has 0 radical (unpaired) electrons.